The Balaban J connectivity index is 1.71. The summed E-state index contributed by atoms with van der Waals surface area (Å²) in [6.07, 6.45) is 3.28. The average molecular weight is 373 g/mol. The lowest BCUT2D eigenvalue weighted by atomic mass is 10.2. The molecule has 0 bridgehead atoms. The SMILES string of the molecule is O=C(Nc1c(Cl)cccc1Cl)c1ccnc(NCc2ccccn2)c1. The predicted molar refractivity (Wildman–Crippen MR) is 100 cm³/mol. The molecule has 5 nitrogen and oxygen atoms in total. The van der Waals surface area contributed by atoms with E-state index in [0.29, 0.717) is 33.7 Å². The summed E-state index contributed by atoms with van der Waals surface area (Å²) in [6, 6.07) is 14.0. The van der Waals surface area contributed by atoms with Gasteiger partial charge in [-0.25, -0.2) is 4.98 Å². The Morgan fingerprint density at radius 1 is 0.960 bits per heavy atom. The molecule has 2 N–H and O–H groups in total. The van der Waals surface area contributed by atoms with Crippen molar-refractivity contribution >= 4 is 40.6 Å². The van der Waals surface area contributed by atoms with Gasteiger partial charge in [-0.1, -0.05) is 35.3 Å². The van der Waals surface area contributed by atoms with Gasteiger partial charge in [-0.2, -0.15) is 0 Å². The summed E-state index contributed by atoms with van der Waals surface area (Å²) >= 11 is 12.2. The molecule has 7 heteroatoms. The molecule has 2 aromatic heterocycles. The highest BCUT2D eigenvalue weighted by atomic mass is 35.5. The van der Waals surface area contributed by atoms with Crippen LogP contribution in [0.4, 0.5) is 11.5 Å². The summed E-state index contributed by atoms with van der Waals surface area (Å²) in [6.45, 7) is 0.509. The number of aromatic nitrogens is 2. The van der Waals surface area contributed by atoms with Gasteiger partial charge in [0.05, 0.1) is 28.0 Å². The van der Waals surface area contributed by atoms with Crippen LogP contribution in [0.3, 0.4) is 0 Å². The molecule has 0 saturated carbocycles. The fourth-order valence-electron chi connectivity index (χ4n) is 2.16. The Labute approximate surface area is 155 Å². The highest BCUT2D eigenvalue weighted by Crippen LogP contribution is 2.30. The van der Waals surface area contributed by atoms with Crippen LogP contribution in [0, 0.1) is 0 Å². The van der Waals surface area contributed by atoms with Gasteiger partial charge in [0, 0.05) is 18.0 Å². The van der Waals surface area contributed by atoms with Gasteiger partial charge in [0.15, 0.2) is 0 Å². The maximum Gasteiger partial charge on any atom is 0.255 e. The molecular weight excluding hydrogens is 359 g/mol. The van der Waals surface area contributed by atoms with Crippen LogP contribution in [0.5, 0.6) is 0 Å². The topological polar surface area (TPSA) is 66.9 Å². The van der Waals surface area contributed by atoms with E-state index in [9.17, 15) is 4.79 Å². The van der Waals surface area contributed by atoms with Crippen molar-refractivity contribution in [3.05, 3.63) is 82.2 Å². The third kappa shape index (κ3) is 4.47. The number of benzene rings is 1. The first kappa shape index (κ1) is 17.2. The van der Waals surface area contributed by atoms with Crippen LogP contribution in [-0.4, -0.2) is 15.9 Å². The van der Waals surface area contributed by atoms with Gasteiger partial charge in [-0.15, -0.1) is 0 Å². The molecule has 1 aromatic carbocycles. The molecule has 0 aliphatic carbocycles. The third-order valence-corrected chi connectivity index (χ3v) is 4.03. The molecule has 0 aliphatic heterocycles. The van der Waals surface area contributed by atoms with Crippen LogP contribution < -0.4 is 10.6 Å². The summed E-state index contributed by atoms with van der Waals surface area (Å²) in [5, 5.41) is 6.62. The molecule has 25 heavy (non-hydrogen) atoms. The normalized spacial score (nSPS) is 10.3. The monoisotopic (exact) mass is 372 g/mol. The Morgan fingerprint density at radius 3 is 2.48 bits per heavy atom. The molecule has 1 amide bonds. The number of hydrogen-bond donors (Lipinski definition) is 2. The van der Waals surface area contributed by atoms with Crippen LogP contribution >= 0.6 is 23.2 Å². The zero-order valence-electron chi connectivity index (χ0n) is 13.0. The van der Waals surface area contributed by atoms with Crippen molar-refractivity contribution < 1.29 is 4.79 Å². The minimum absolute atomic E-state index is 0.321. The van der Waals surface area contributed by atoms with E-state index in [1.165, 1.54) is 0 Å². The number of pyridine rings is 2. The van der Waals surface area contributed by atoms with Gasteiger partial charge in [-0.3, -0.25) is 9.78 Å². The lowest BCUT2D eigenvalue weighted by Gasteiger charge is -2.10. The summed E-state index contributed by atoms with van der Waals surface area (Å²) in [5.74, 6) is 0.252. The maximum atomic E-state index is 12.4. The van der Waals surface area contributed by atoms with Crippen LogP contribution in [0.15, 0.2) is 60.9 Å². The van der Waals surface area contributed by atoms with E-state index in [0.717, 1.165) is 5.69 Å². The van der Waals surface area contributed by atoms with Crippen LogP contribution in [0.2, 0.25) is 10.0 Å². The van der Waals surface area contributed by atoms with E-state index in [-0.39, 0.29) is 5.91 Å². The quantitative estimate of drug-likeness (QED) is 0.683. The number of nitrogens with one attached hydrogen (secondary N) is 2. The molecule has 0 saturated heterocycles. The summed E-state index contributed by atoms with van der Waals surface area (Å²) in [7, 11) is 0. The second-order valence-electron chi connectivity index (χ2n) is 5.16. The standard InChI is InChI=1S/C18H14Cl2N4O/c19-14-5-3-6-15(20)17(14)24-18(25)12-7-9-22-16(10-12)23-11-13-4-1-2-8-21-13/h1-10H,11H2,(H,22,23)(H,24,25). The van der Waals surface area contributed by atoms with E-state index in [4.69, 9.17) is 23.2 Å². The number of hydrogen-bond acceptors (Lipinski definition) is 4. The van der Waals surface area contributed by atoms with E-state index < -0.39 is 0 Å². The minimum atomic E-state index is -0.321. The number of halogens is 2. The molecule has 0 unspecified atom stereocenters. The molecule has 0 fully saturated rings. The van der Waals surface area contributed by atoms with Crippen molar-refractivity contribution in [2.24, 2.45) is 0 Å². The van der Waals surface area contributed by atoms with Crippen molar-refractivity contribution in [1.82, 2.24) is 9.97 Å². The minimum Gasteiger partial charge on any atom is -0.364 e. The summed E-state index contributed by atoms with van der Waals surface area (Å²) < 4.78 is 0. The molecule has 3 rings (SSSR count). The van der Waals surface area contributed by atoms with Crippen LogP contribution in [0.1, 0.15) is 16.1 Å². The Kier molecular flexibility index (Phi) is 5.48. The highest BCUT2D eigenvalue weighted by Gasteiger charge is 2.12. The van der Waals surface area contributed by atoms with E-state index in [1.807, 2.05) is 18.2 Å². The Morgan fingerprint density at radius 2 is 1.76 bits per heavy atom. The number of rotatable bonds is 5. The number of nitrogens with zero attached hydrogens (tertiary/aromatic N) is 2. The van der Waals surface area contributed by atoms with Crippen LogP contribution in [-0.2, 0) is 6.54 Å². The number of carbonyl (C=O) groups is 1. The molecule has 0 atom stereocenters. The molecule has 0 spiro atoms. The van der Waals surface area contributed by atoms with Gasteiger partial charge in [0.25, 0.3) is 5.91 Å². The van der Waals surface area contributed by atoms with Crippen molar-refractivity contribution in [1.29, 1.82) is 0 Å². The van der Waals surface area contributed by atoms with Crippen LogP contribution in [0.25, 0.3) is 0 Å². The van der Waals surface area contributed by atoms with Crippen molar-refractivity contribution in [3.8, 4) is 0 Å². The molecule has 0 radical (unpaired) electrons. The smallest absolute Gasteiger partial charge is 0.255 e. The Bertz CT molecular complexity index is 867. The van der Waals surface area contributed by atoms with E-state index in [1.54, 1.807) is 42.7 Å². The molecular formula is C18H14Cl2N4O. The fourth-order valence-corrected chi connectivity index (χ4v) is 2.65. The molecule has 0 aliphatic rings. The zero-order valence-corrected chi connectivity index (χ0v) is 14.6. The lowest BCUT2D eigenvalue weighted by molar-refractivity contribution is 0.102. The first-order valence-electron chi connectivity index (χ1n) is 7.48. The Hall–Kier alpha value is -2.63. The van der Waals surface area contributed by atoms with Gasteiger partial charge < -0.3 is 10.6 Å². The highest BCUT2D eigenvalue weighted by molar-refractivity contribution is 6.40. The summed E-state index contributed by atoms with van der Waals surface area (Å²) in [4.78, 5) is 20.9. The average Bonchev–Trinajstić information content (AvgIpc) is 2.64. The second kappa shape index (κ2) is 7.96. The van der Waals surface area contributed by atoms with Crippen molar-refractivity contribution in [2.75, 3.05) is 10.6 Å². The van der Waals surface area contributed by atoms with Gasteiger partial charge in [0.1, 0.15) is 5.82 Å². The lowest BCUT2D eigenvalue weighted by Crippen LogP contribution is -2.13. The number of para-hydroxylation sites is 1. The zero-order chi connectivity index (χ0) is 17.6. The number of amides is 1. The molecule has 2 heterocycles. The predicted octanol–water partition coefficient (Wildman–Crippen LogP) is 4.65. The van der Waals surface area contributed by atoms with Gasteiger partial charge >= 0.3 is 0 Å². The first-order valence-corrected chi connectivity index (χ1v) is 8.24. The second-order valence-corrected chi connectivity index (χ2v) is 5.97. The van der Waals surface area contributed by atoms with E-state index >= 15 is 0 Å². The third-order valence-electron chi connectivity index (χ3n) is 3.40. The first-order chi connectivity index (χ1) is 12.1. The largest absolute Gasteiger partial charge is 0.364 e. The fraction of sp³-hybridized carbons (Fsp3) is 0.0556. The van der Waals surface area contributed by atoms with Gasteiger partial charge in [-0.05, 0) is 36.4 Å². The number of anilines is 2. The van der Waals surface area contributed by atoms with E-state index in [2.05, 4.69) is 20.6 Å². The molecule has 126 valence electrons. The molecule has 3 aromatic rings. The van der Waals surface area contributed by atoms with Gasteiger partial charge in [0.2, 0.25) is 0 Å². The number of carbonyl (C=O) groups excluding carboxylic acids is 1. The van der Waals surface area contributed by atoms with Crippen molar-refractivity contribution in [3.63, 3.8) is 0 Å². The maximum absolute atomic E-state index is 12.4. The summed E-state index contributed by atoms with van der Waals surface area (Å²) in [5.41, 5.74) is 1.70. The van der Waals surface area contributed by atoms with Crippen molar-refractivity contribution in [2.45, 2.75) is 6.54 Å².